The van der Waals surface area contributed by atoms with Crippen molar-refractivity contribution in [3.05, 3.63) is 83.6 Å². The minimum absolute atomic E-state index is 0.198. The smallest absolute Gasteiger partial charge is 0.327 e. The molecule has 1 fully saturated rings. The van der Waals surface area contributed by atoms with Gasteiger partial charge in [-0.25, -0.2) is 19.5 Å². The number of nitrogens with zero attached hydrogens (tertiary/aromatic N) is 2. The van der Waals surface area contributed by atoms with E-state index in [4.69, 9.17) is 15.2 Å². The van der Waals surface area contributed by atoms with Crippen molar-refractivity contribution in [2.24, 2.45) is 0 Å². The SMILES string of the molecule is COc1ccccc1C(NC(=O)N1C(=O)CC1C(=O)O)c1ccccc1OC.Cc1ccnc(N)c1. The zero-order chi connectivity index (χ0) is 26.2. The van der Waals surface area contributed by atoms with Crippen molar-refractivity contribution in [3.8, 4) is 11.5 Å². The first-order valence-electron chi connectivity index (χ1n) is 11.1. The molecular weight excluding hydrogens is 464 g/mol. The second kappa shape index (κ2) is 11.7. The Hall–Kier alpha value is -4.60. The zero-order valence-corrected chi connectivity index (χ0v) is 20.2. The summed E-state index contributed by atoms with van der Waals surface area (Å²) in [6.07, 6.45) is 1.50. The number of nitrogen functional groups attached to an aromatic ring is 1. The van der Waals surface area contributed by atoms with Crippen LogP contribution >= 0.6 is 0 Å². The Labute approximate surface area is 208 Å². The number of amides is 3. The molecule has 1 saturated heterocycles. The van der Waals surface area contributed by atoms with E-state index < -0.39 is 30.0 Å². The second-order valence-electron chi connectivity index (χ2n) is 7.95. The van der Waals surface area contributed by atoms with Crippen LogP contribution in [0, 0.1) is 6.92 Å². The Morgan fingerprint density at radius 3 is 2.03 bits per heavy atom. The monoisotopic (exact) mass is 492 g/mol. The molecule has 1 unspecified atom stereocenters. The van der Waals surface area contributed by atoms with E-state index >= 15 is 0 Å². The average Bonchev–Trinajstić information content (AvgIpc) is 2.85. The van der Waals surface area contributed by atoms with E-state index in [0.717, 1.165) is 10.5 Å². The van der Waals surface area contributed by atoms with Gasteiger partial charge < -0.3 is 25.6 Å². The number of ether oxygens (including phenoxy) is 2. The number of urea groups is 1. The van der Waals surface area contributed by atoms with Gasteiger partial charge in [-0.15, -0.1) is 0 Å². The second-order valence-corrected chi connectivity index (χ2v) is 7.95. The molecule has 0 radical (unpaired) electrons. The average molecular weight is 493 g/mol. The molecule has 2 heterocycles. The predicted octanol–water partition coefficient (Wildman–Crippen LogP) is 3.16. The molecule has 1 aliphatic heterocycles. The number of rotatable bonds is 6. The number of para-hydroxylation sites is 2. The molecule has 1 atom stereocenters. The fourth-order valence-electron chi connectivity index (χ4n) is 3.75. The van der Waals surface area contributed by atoms with Crippen LogP contribution in [0.3, 0.4) is 0 Å². The number of aliphatic carboxylic acids is 1. The summed E-state index contributed by atoms with van der Waals surface area (Å²) in [5.74, 6) is -0.110. The zero-order valence-electron chi connectivity index (χ0n) is 20.2. The number of aromatic nitrogens is 1. The minimum Gasteiger partial charge on any atom is -0.496 e. The molecule has 0 saturated carbocycles. The molecule has 188 valence electrons. The third-order valence-corrected chi connectivity index (χ3v) is 5.56. The maximum absolute atomic E-state index is 12.8. The molecule has 4 N–H and O–H groups in total. The van der Waals surface area contributed by atoms with Gasteiger partial charge in [-0.2, -0.15) is 0 Å². The van der Waals surface area contributed by atoms with E-state index in [-0.39, 0.29) is 6.42 Å². The number of imide groups is 1. The highest BCUT2D eigenvalue weighted by molar-refractivity contribution is 6.06. The number of methoxy groups -OCH3 is 2. The van der Waals surface area contributed by atoms with E-state index in [2.05, 4.69) is 10.3 Å². The largest absolute Gasteiger partial charge is 0.496 e. The number of hydrogen-bond acceptors (Lipinski definition) is 7. The van der Waals surface area contributed by atoms with E-state index in [1.54, 1.807) is 54.7 Å². The number of pyridine rings is 1. The summed E-state index contributed by atoms with van der Waals surface area (Å²) < 4.78 is 10.8. The lowest BCUT2D eigenvalue weighted by Crippen LogP contribution is -2.62. The van der Waals surface area contributed by atoms with Gasteiger partial charge in [0, 0.05) is 17.3 Å². The van der Waals surface area contributed by atoms with Gasteiger partial charge in [0.25, 0.3) is 0 Å². The molecule has 1 aliphatic rings. The quantitative estimate of drug-likeness (QED) is 0.445. The summed E-state index contributed by atoms with van der Waals surface area (Å²) in [5.41, 5.74) is 7.78. The summed E-state index contributed by atoms with van der Waals surface area (Å²) in [6.45, 7) is 1.98. The van der Waals surface area contributed by atoms with Crippen molar-refractivity contribution in [3.63, 3.8) is 0 Å². The molecule has 3 aromatic rings. The molecule has 4 rings (SSSR count). The number of nitrogens with one attached hydrogen (secondary N) is 1. The summed E-state index contributed by atoms with van der Waals surface area (Å²) in [7, 11) is 3.03. The number of carbonyl (C=O) groups is 3. The Morgan fingerprint density at radius 2 is 1.61 bits per heavy atom. The summed E-state index contributed by atoms with van der Waals surface area (Å²) in [6, 6.07) is 15.3. The first-order valence-corrected chi connectivity index (χ1v) is 11.1. The van der Waals surface area contributed by atoms with Crippen LogP contribution in [0.1, 0.15) is 29.2 Å². The number of likely N-dealkylation sites (tertiary alicyclic amines) is 1. The number of carboxylic acids is 1. The Kier molecular flexibility index (Phi) is 8.45. The first-order chi connectivity index (χ1) is 17.3. The Balaban J connectivity index is 0.000000383. The Morgan fingerprint density at radius 1 is 1.06 bits per heavy atom. The van der Waals surface area contributed by atoms with Crippen LogP contribution in [0.25, 0.3) is 0 Å². The number of carboxylic acid groups (broad SMARTS) is 1. The minimum atomic E-state index is -1.22. The highest BCUT2D eigenvalue weighted by atomic mass is 16.5. The number of hydrogen-bond donors (Lipinski definition) is 3. The lowest BCUT2D eigenvalue weighted by Gasteiger charge is -2.36. The molecule has 0 aliphatic carbocycles. The lowest BCUT2D eigenvalue weighted by atomic mass is 9.96. The number of β-lactam (4-membered cyclic amide) rings is 1. The van der Waals surface area contributed by atoms with Crippen molar-refractivity contribution in [2.75, 3.05) is 20.0 Å². The van der Waals surface area contributed by atoms with Crippen molar-refractivity contribution >= 4 is 23.7 Å². The normalized spacial score (nSPS) is 14.3. The third-order valence-electron chi connectivity index (χ3n) is 5.56. The third kappa shape index (κ3) is 5.90. The molecule has 36 heavy (non-hydrogen) atoms. The topological polar surface area (TPSA) is 144 Å². The van der Waals surface area contributed by atoms with Crippen LogP contribution in [0.4, 0.5) is 10.6 Å². The molecular formula is C26H28N4O6. The molecule has 1 aromatic heterocycles. The molecule has 10 heteroatoms. The summed E-state index contributed by atoms with van der Waals surface area (Å²) in [5, 5.41) is 11.9. The summed E-state index contributed by atoms with van der Waals surface area (Å²) >= 11 is 0. The standard InChI is InChI=1S/C20H20N2O6.C6H8N2/c1-27-15-9-5-3-7-12(15)18(13-8-4-6-10-16(13)28-2)21-20(26)22-14(19(24)25)11-17(22)23;1-5-2-3-8-6(7)4-5/h3-10,14,18H,11H2,1-2H3,(H,21,26)(H,24,25);2-4H,1H3,(H2,7,8). The number of nitrogens with two attached hydrogens (primary N) is 1. The fraction of sp³-hybridized carbons (Fsp3) is 0.231. The maximum Gasteiger partial charge on any atom is 0.327 e. The van der Waals surface area contributed by atoms with Gasteiger partial charge in [-0.3, -0.25) is 4.79 Å². The van der Waals surface area contributed by atoms with Crippen LogP contribution in [0.15, 0.2) is 66.9 Å². The highest BCUT2D eigenvalue weighted by Gasteiger charge is 2.46. The Bertz CT molecular complexity index is 1180. The lowest BCUT2D eigenvalue weighted by molar-refractivity contribution is -0.157. The molecule has 0 bridgehead atoms. The van der Waals surface area contributed by atoms with Gasteiger partial charge >= 0.3 is 12.0 Å². The first kappa shape index (κ1) is 26.0. The highest BCUT2D eigenvalue weighted by Crippen LogP contribution is 2.35. The molecule has 10 nitrogen and oxygen atoms in total. The summed E-state index contributed by atoms with van der Waals surface area (Å²) in [4.78, 5) is 40.4. The molecule has 3 amide bonds. The van der Waals surface area contributed by atoms with Gasteiger partial charge in [0.2, 0.25) is 5.91 Å². The van der Waals surface area contributed by atoms with E-state index in [0.29, 0.717) is 28.4 Å². The molecule has 2 aromatic carbocycles. The van der Waals surface area contributed by atoms with E-state index in [1.165, 1.54) is 14.2 Å². The van der Waals surface area contributed by atoms with Gasteiger partial charge in [-0.1, -0.05) is 36.4 Å². The maximum atomic E-state index is 12.8. The molecule has 0 spiro atoms. The van der Waals surface area contributed by atoms with Crippen LogP contribution in [-0.4, -0.2) is 53.2 Å². The van der Waals surface area contributed by atoms with Crippen molar-refractivity contribution in [1.82, 2.24) is 15.2 Å². The van der Waals surface area contributed by atoms with Crippen LogP contribution < -0.4 is 20.5 Å². The van der Waals surface area contributed by atoms with Crippen molar-refractivity contribution < 1.29 is 29.0 Å². The number of benzene rings is 2. The van der Waals surface area contributed by atoms with Crippen LogP contribution in [0.5, 0.6) is 11.5 Å². The number of carbonyl (C=O) groups excluding carboxylic acids is 2. The van der Waals surface area contributed by atoms with Crippen LogP contribution in [-0.2, 0) is 9.59 Å². The van der Waals surface area contributed by atoms with Crippen LogP contribution in [0.2, 0.25) is 0 Å². The van der Waals surface area contributed by atoms with Gasteiger partial charge in [0.1, 0.15) is 23.4 Å². The fourth-order valence-corrected chi connectivity index (χ4v) is 3.75. The van der Waals surface area contributed by atoms with Gasteiger partial charge in [0.15, 0.2) is 0 Å². The van der Waals surface area contributed by atoms with E-state index in [9.17, 15) is 19.5 Å². The number of aryl methyl sites for hydroxylation is 1. The van der Waals surface area contributed by atoms with Crippen molar-refractivity contribution in [1.29, 1.82) is 0 Å². The van der Waals surface area contributed by atoms with Gasteiger partial charge in [0.05, 0.1) is 26.7 Å². The van der Waals surface area contributed by atoms with Crippen molar-refractivity contribution in [2.45, 2.75) is 25.4 Å². The predicted molar refractivity (Wildman–Crippen MR) is 133 cm³/mol. The van der Waals surface area contributed by atoms with E-state index in [1.807, 2.05) is 19.1 Å². The van der Waals surface area contributed by atoms with Gasteiger partial charge in [-0.05, 0) is 36.8 Å². The number of anilines is 1.